The van der Waals surface area contributed by atoms with Crippen LogP contribution >= 0.6 is 27.7 Å². The molecule has 0 unspecified atom stereocenters. The van der Waals surface area contributed by atoms with Gasteiger partial charge in [0.15, 0.2) is 0 Å². The number of carboxylic acid groups (broad SMARTS) is 1. The van der Waals surface area contributed by atoms with E-state index >= 15 is 0 Å². The lowest BCUT2D eigenvalue weighted by molar-refractivity contribution is 0.0692. The van der Waals surface area contributed by atoms with Gasteiger partial charge in [-0.3, -0.25) is 0 Å². The average Bonchev–Trinajstić information content (AvgIpc) is 2.66. The van der Waals surface area contributed by atoms with Crippen LogP contribution in [0.5, 0.6) is 0 Å². The first kappa shape index (κ1) is 12.1. The third-order valence-corrected chi connectivity index (χ3v) is 3.14. The normalized spacial score (nSPS) is 10.5. The molecular weight excluding hydrogens is 308 g/mol. The van der Waals surface area contributed by atoms with Crippen LogP contribution in [0.15, 0.2) is 37.7 Å². The molecule has 2 heterocycles. The molecule has 7 heteroatoms. The molecule has 1 N–H and O–H groups in total. The minimum atomic E-state index is -1.04. The fourth-order valence-corrected chi connectivity index (χ4v) is 2.27. The molecule has 88 valence electrons. The smallest absolute Gasteiger partial charge is 0.338 e. The average molecular weight is 315 g/mol. The van der Waals surface area contributed by atoms with Crippen LogP contribution in [-0.2, 0) is 0 Å². The molecule has 0 spiro atoms. The van der Waals surface area contributed by atoms with Crippen molar-refractivity contribution in [1.29, 1.82) is 0 Å². The van der Waals surface area contributed by atoms with Gasteiger partial charge in [-0.25, -0.2) is 14.8 Å². The standard InChI is InChI=1S/C10H7BrN2O3S/c1-5-4-16-10(13-5)17-8-7(9(14)15)2-6(11)3-12-8/h2-4H,1H3,(H,14,15). The van der Waals surface area contributed by atoms with Crippen LogP contribution in [0.25, 0.3) is 0 Å². The van der Waals surface area contributed by atoms with E-state index in [-0.39, 0.29) is 5.56 Å². The highest BCUT2D eigenvalue weighted by Crippen LogP contribution is 2.29. The van der Waals surface area contributed by atoms with Crippen molar-refractivity contribution < 1.29 is 14.3 Å². The summed E-state index contributed by atoms with van der Waals surface area (Å²) in [5, 5.41) is 9.77. The summed E-state index contributed by atoms with van der Waals surface area (Å²) >= 11 is 4.26. The van der Waals surface area contributed by atoms with Crippen molar-refractivity contribution in [3.8, 4) is 0 Å². The van der Waals surface area contributed by atoms with E-state index in [2.05, 4.69) is 25.9 Å². The van der Waals surface area contributed by atoms with E-state index in [1.54, 1.807) is 6.92 Å². The summed E-state index contributed by atoms with van der Waals surface area (Å²) < 4.78 is 5.75. The number of halogens is 1. The number of hydrogen-bond donors (Lipinski definition) is 1. The second-order valence-electron chi connectivity index (χ2n) is 3.17. The Morgan fingerprint density at radius 1 is 1.59 bits per heavy atom. The van der Waals surface area contributed by atoms with Crippen molar-refractivity contribution >= 4 is 33.7 Å². The zero-order valence-corrected chi connectivity index (χ0v) is 11.1. The van der Waals surface area contributed by atoms with Gasteiger partial charge in [-0.15, -0.1) is 0 Å². The number of aromatic carboxylic acids is 1. The van der Waals surface area contributed by atoms with Crippen LogP contribution in [0.2, 0.25) is 0 Å². The Bertz CT molecular complexity index is 570. The molecule has 2 aromatic heterocycles. The molecular formula is C10H7BrN2O3S. The molecule has 0 aliphatic carbocycles. The Labute approximate surface area is 109 Å². The molecule has 0 saturated heterocycles. The molecule has 5 nitrogen and oxygen atoms in total. The summed E-state index contributed by atoms with van der Waals surface area (Å²) in [6.07, 6.45) is 3.03. The molecule has 0 radical (unpaired) electrons. The van der Waals surface area contributed by atoms with E-state index in [0.717, 1.165) is 17.5 Å². The Balaban J connectivity index is 2.35. The molecule has 0 aliphatic rings. The van der Waals surface area contributed by atoms with Crippen LogP contribution in [-0.4, -0.2) is 21.0 Å². The van der Waals surface area contributed by atoms with E-state index in [0.29, 0.717) is 14.7 Å². The van der Waals surface area contributed by atoms with Gasteiger partial charge >= 0.3 is 5.97 Å². The van der Waals surface area contributed by atoms with Crippen molar-refractivity contribution in [3.63, 3.8) is 0 Å². The predicted molar refractivity (Wildman–Crippen MR) is 64.3 cm³/mol. The largest absolute Gasteiger partial charge is 0.478 e. The number of hydrogen-bond acceptors (Lipinski definition) is 5. The Kier molecular flexibility index (Phi) is 3.49. The number of carboxylic acids is 1. The van der Waals surface area contributed by atoms with Crippen molar-refractivity contribution in [3.05, 3.63) is 34.3 Å². The lowest BCUT2D eigenvalue weighted by atomic mass is 10.3. The highest BCUT2D eigenvalue weighted by molar-refractivity contribution is 9.10. The topological polar surface area (TPSA) is 76.2 Å². The maximum Gasteiger partial charge on any atom is 0.338 e. The second kappa shape index (κ2) is 4.89. The third-order valence-electron chi connectivity index (χ3n) is 1.83. The summed E-state index contributed by atoms with van der Waals surface area (Å²) in [4.78, 5) is 19.2. The van der Waals surface area contributed by atoms with E-state index in [4.69, 9.17) is 9.52 Å². The SMILES string of the molecule is Cc1coc(Sc2ncc(Br)cc2C(=O)O)n1. The number of oxazole rings is 1. The highest BCUT2D eigenvalue weighted by Gasteiger charge is 2.15. The first-order valence-corrected chi connectivity index (χ1v) is 6.16. The molecule has 0 fully saturated rings. The number of pyridine rings is 1. The number of aromatic nitrogens is 2. The molecule has 0 aromatic carbocycles. The van der Waals surface area contributed by atoms with Gasteiger partial charge in [0, 0.05) is 10.7 Å². The van der Waals surface area contributed by atoms with E-state index in [1.165, 1.54) is 18.5 Å². The van der Waals surface area contributed by atoms with Crippen LogP contribution in [0.1, 0.15) is 16.1 Å². The van der Waals surface area contributed by atoms with Crippen molar-refractivity contribution in [2.24, 2.45) is 0 Å². The zero-order valence-electron chi connectivity index (χ0n) is 8.68. The second-order valence-corrected chi connectivity index (χ2v) is 5.02. The maximum absolute atomic E-state index is 11.0. The molecule has 2 rings (SSSR count). The van der Waals surface area contributed by atoms with Crippen LogP contribution in [0.4, 0.5) is 0 Å². The summed E-state index contributed by atoms with van der Waals surface area (Å²) in [6, 6.07) is 1.49. The maximum atomic E-state index is 11.0. The van der Waals surface area contributed by atoms with E-state index < -0.39 is 5.97 Å². The van der Waals surface area contributed by atoms with Crippen LogP contribution in [0.3, 0.4) is 0 Å². The summed E-state index contributed by atoms with van der Waals surface area (Å²) in [5.74, 6) is -1.04. The molecule has 0 amide bonds. The first-order valence-electron chi connectivity index (χ1n) is 4.55. The number of nitrogens with zero attached hydrogens (tertiary/aromatic N) is 2. The van der Waals surface area contributed by atoms with Gasteiger partial charge in [0.05, 0.1) is 11.3 Å². The molecule has 17 heavy (non-hydrogen) atoms. The Hall–Kier alpha value is -1.34. The van der Waals surface area contributed by atoms with Gasteiger partial charge in [0.25, 0.3) is 5.22 Å². The fourth-order valence-electron chi connectivity index (χ4n) is 1.12. The van der Waals surface area contributed by atoms with Crippen molar-refractivity contribution in [2.45, 2.75) is 17.2 Å². The fraction of sp³-hybridized carbons (Fsp3) is 0.100. The highest BCUT2D eigenvalue weighted by atomic mass is 79.9. The molecule has 0 bridgehead atoms. The lowest BCUT2D eigenvalue weighted by Gasteiger charge is -2.02. The minimum Gasteiger partial charge on any atom is -0.478 e. The quantitative estimate of drug-likeness (QED) is 0.938. The lowest BCUT2D eigenvalue weighted by Crippen LogP contribution is -2.00. The van der Waals surface area contributed by atoms with Crippen LogP contribution in [0, 0.1) is 6.92 Å². The van der Waals surface area contributed by atoms with E-state index in [1.807, 2.05) is 0 Å². The van der Waals surface area contributed by atoms with Gasteiger partial charge in [-0.2, -0.15) is 0 Å². The van der Waals surface area contributed by atoms with Gasteiger partial charge in [0.1, 0.15) is 11.3 Å². The van der Waals surface area contributed by atoms with Crippen molar-refractivity contribution in [2.75, 3.05) is 0 Å². The van der Waals surface area contributed by atoms with Crippen molar-refractivity contribution in [1.82, 2.24) is 9.97 Å². The number of rotatable bonds is 3. The predicted octanol–water partition coefficient (Wildman–Crippen LogP) is 2.99. The van der Waals surface area contributed by atoms with Crippen LogP contribution < -0.4 is 0 Å². The minimum absolute atomic E-state index is 0.111. The molecule has 0 atom stereocenters. The summed E-state index contributed by atoms with van der Waals surface area (Å²) in [6.45, 7) is 1.79. The summed E-state index contributed by atoms with van der Waals surface area (Å²) in [5.41, 5.74) is 0.849. The monoisotopic (exact) mass is 314 g/mol. The molecule has 2 aromatic rings. The van der Waals surface area contributed by atoms with Gasteiger partial charge < -0.3 is 9.52 Å². The third kappa shape index (κ3) is 2.86. The Morgan fingerprint density at radius 2 is 2.35 bits per heavy atom. The molecule has 0 aliphatic heterocycles. The Morgan fingerprint density at radius 3 is 2.94 bits per heavy atom. The van der Waals surface area contributed by atoms with E-state index in [9.17, 15) is 4.79 Å². The van der Waals surface area contributed by atoms with Gasteiger partial charge in [-0.1, -0.05) is 0 Å². The first-order chi connectivity index (χ1) is 8.06. The van der Waals surface area contributed by atoms with Gasteiger partial charge in [0.2, 0.25) is 0 Å². The summed E-state index contributed by atoms with van der Waals surface area (Å²) in [7, 11) is 0. The van der Waals surface area contributed by atoms with Gasteiger partial charge in [-0.05, 0) is 40.7 Å². The zero-order chi connectivity index (χ0) is 12.4. The number of aryl methyl sites for hydroxylation is 1. The number of carbonyl (C=O) groups is 1. The molecule has 0 saturated carbocycles.